The summed E-state index contributed by atoms with van der Waals surface area (Å²) in [5.74, 6) is -0.789. The molecule has 0 aliphatic carbocycles. The lowest BCUT2D eigenvalue weighted by atomic mass is 10.2. The van der Waals surface area contributed by atoms with E-state index in [9.17, 15) is 22.8 Å². The van der Waals surface area contributed by atoms with Gasteiger partial charge in [-0.2, -0.15) is 13.2 Å². The Morgan fingerprint density at radius 3 is 2.52 bits per heavy atom. The van der Waals surface area contributed by atoms with Gasteiger partial charge in [0, 0.05) is 24.5 Å². The lowest BCUT2D eigenvalue weighted by Gasteiger charge is -2.09. The highest BCUT2D eigenvalue weighted by Gasteiger charge is 2.32. The first-order valence-electron chi connectivity index (χ1n) is 8.05. The summed E-state index contributed by atoms with van der Waals surface area (Å²) in [6, 6.07) is 7.30. The van der Waals surface area contributed by atoms with Crippen LogP contribution in [0.4, 0.5) is 24.5 Å². The Kier molecular flexibility index (Phi) is 5.99. The quantitative estimate of drug-likeness (QED) is 0.580. The first-order valence-corrected chi connectivity index (χ1v) is 9.41. The molecule has 152 valence electrons. The minimum atomic E-state index is -4.58. The molecule has 0 saturated carbocycles. The number of amides is 2. The number of fused-ring (bicyclic) bond motifs is 1. The molecule has 0 saturated heterocycles. The van der Waals surface area contributed by atoms with Crippen molar-refractivity contribution in [2.24, 2.45) is 0 Å². The molecule has 12 heteroatoms. The number of nitrogens with one attached hydrogen (secondary N) is 2. The van der Waals surface area contributed by atoms with E-state index in [4.69, 9.17) is 11.6 Å². The molecule has 2 amide bonds. The highest BCUT2D eigenvalue weighted by molar-refractivity contribution is 7.99. The van der Waals surface area contributed by atoms with Gasteiger partial charge in [-0.3, -0.25) is 14.0 Å². The molecule has 0 bridgehead atoms. The van der Waals surface area contributed by atoms with Gasteiger partial charge in [-0.25, -0.2) is 0 Å². The summed E-state index contributed by atoms with van der Waals surface area (Å²) in [5.41, 5.74) is 0.0811. The van der Waals surface area contributed by atoms with E-state index < -0.39 is 17.6 Å². The zero-order valence-electron chi connectivity index (χ0n) is 14.7. The van der Waals surface area contributed by atoms with Gasteiger partial charge in [0.15, 0.2) is 10.8 Å². The van der Waals surface area contributed by atoms with Gasteiger partial charge in [-0.1, -0.05) is 29.4 Å². The zero-order valence-corrected chi connectivity index (χ0v) is 16.3. The smallest absolute Gasteiger partial charge is 0.326 e. The molecule has 2 aromatic heterocycles. The summed E-state index contributed by atoms with van der Waals surface area (Å²) >= 11 is 6.77. The molecule has 0 spiro atoms. The van der Waals surface area contributed by atoms with E-state index in [1.54, 1.807) is 24.3 Å². The standard InChI is InChI=1S/C17H13ClF3N5O2S/c1-9(27)22-11-3-2-4-12(6-11)23-14(28)8-29-16-25-24-15-13(18)5-10(7-26(15)16)17(19,20)21/h2-7H,8H2,1H3,(H,22,27)(H,23,28). The molecule has 0 atom stereocenters. The van der Waals surface area contributed by atoms with Crippen LogP contribution in [-0.2, 0) is 15.8 Å². The first-order chi connectivity index (χ1) is 13.6. The number of carbonyl (C=O) groups excluding carboxylic acids is 2. The van der Waals surface area contributed by atoms with Gasteiger partial charge in [-0.15, -0.1) is 10.2 Å². The molecule has 7 nitrogen and oxygen atoms in total. The SMILES string of the molecule is CC(=O)Nc1cccc(NC(=O)CSc2nnc3c(Cl)cc(C(F)(F)F)cn23)c1. The number of anilines is 2. The van der Waals surface area contributed by atoms with Gasteiger partial charge in [0.25, 0.3) is 0 Å². The Morgan fingerprint density at radius 1 is 1.17 bits per heavy atom. The van der Waals surface area contributed by atoms with Crippen LogP contribution in [0.1, 0.15) is 12.5 Å². The van der Waals surface area contributed by atoms with E-state index in [1.807, 2.05) is 0 Å². The summed E-state index contributed by atoms with van der Waals surface area (Å²) < 4.78 is 40.1. The Bertz CT molecular complexity index is 1090. The number of rotatable bonds is 5. The Morgan fingerprint density at radius 2 is 1.86 bits per heavy atom. The maximum Gasteiger partial charge on any atom is 0.417 e. The molecule has 0 fully saturated rings. The molecule has 0 unspecified atom stereocenters. The summed E-state index contributed by atoms with van der Waals surface area (Å²) in [6.45, 7) is 1.36. The average molecular weight is 444 g/mol. The number of alkyl halides is 3. The van der Waals surface area contributed by atoms with Crippen molar-refractivity contribution >= 4 is 52.2 Å². The van der Waals surface area contributed by atoms with E-state index in [-0.39, 0.29) is 27.5 Å². The van der Waals surface area contributed by atoms with Crippen molar-refractivity contribution in [3.8, 4) is 0 Å². The third-order valence-electron chi connectivity index (χ3n) is 3.55. The summed E-state index contributed by atoms with van der Waals surface area (Å²) in [5, 5.41) is 12.7. The molecule has 2 N–H and O–H groups in total. The van der Waals surface area contributed by atoms with Crippen LogP contribution in [-0.4, -0.2) is 32.2 Å². The minimum absolute atomic E-state index is 0.0607. The van der Waals surface area contributed by atoms with Crippen LogP contribution in [0, 0.1) is 0 Å². The second-order valence-corrected chi connectivity index (χ2v) is 7.20. The van der Waals surface area contributed by atoms with Crippen LogP contribution in [0.3, 0.4) is 0 Å². The van der Waals surface area contributed by atoms with Crippen molar-refractivity contribution in [3.05, 3.63) is 47.1 Å². The molecule has 3 aromatic rings. The molecule has 29 heavy (non-hydrogen) atoms. The number of halogens is 4. The number of nitrogens with zero attached hydrogens (tertiary/aromatic N) is 3. The van der Waals surface area contributed by atoms with E-state index in [0.29, 0.717) is 11.4 Å². The Hall–Kier alpha value is -2.79. The van der Waals surface area contributed by atoms with Crippen molar-refractivity contribution in [2.45, 2.75) is 18.3 Å². The summed E-state index contributed by atoms with van der Waals surface area (Å²) in [6.07, 6.45) is -3.75. The van der Waals surface area contributed by atoms with Crippen LogP contribution < -0.4 is 10.6 Å². The fraction of sp³-hybridized carbons (Fsp3) is 0.176. The second kappa shape index (κ2) is 8.29. The largest absolute Gasteiger partial charge is 0.417 e. The van der Waals surface area contributed by atoms with Crippen LogP contribution in [0.25, 0.3) is 5.65 Å². The average Bonchev–Trinajstić information content (AvgIpc) is 3.02. The number of hydrogen-bond donors (Lipinski definition) is 2. The Balaban J connectivity index is 1.71. The molecule has 1 aromatic carbocycles. The number of benzene rings is 1. The van der Waals surface area contributed by atoms with Crippen LogP contribution >= 0.6 is 23.4 Å². The maximum absolute atomic E-state index is 13.0. The van der Waals surface area contributed by atoms with E-state index in [0.717, 1.165) is 28.4 Å². The summed E-state index contributed by atoms with van der Waals surface area (Å²) in [7, 11) is 0. The second-order valence-electron chi connectivity index (χ2n) is 5.85. The van der Waals surface area contributed by atoms with Gasteiger partial charge < -0.3 is 10.6 Å². The zero-order chi connectivity index (χ0) is 21.2. The van der Waals surface area contributed by atoms with Crippen molar-refractivity contribution in [1.29, 1.82) is 0 Å². The first kappa shape index (κ1) is 20.9. The predicted molar refractivity (Wildman–Crippen MR) is 103 cm³/mol. The van der Waals surface area contributed by atoms with Gasteiger partial charge in [0.2, 0.25) is 11.8 Å². The number of aromatic nitrogens is 3. The number of thioether (sulfide) groups is 1. The molecule has 0 aliphatic heterocycles. The van der Waals surface area contributed by atoms with Crippen LogP contribution in [0.5, 0.6) is 0 Å². The van der Waals surface area contributed by atoms with Crippen LogP contribution in [0.2, 0.25) is 5.02 Å². The van der Waals surface area contributed by atoms with E-state index >= 15 is 0 Å². The van der Waals surface area contributed by atoms with E-state index in [2.05, 4.69) is 20.8 Å². The summed E-state index contributed by atoms with van der Waals surface area (Å²) in [4.78, 5) is 23.3. The molecular formula is C17H13ClF3N5O2S. The van der Waals surface area contributed by atoms with Crippen molar-refractivity contribution < 1.29 is 22.8 Å². The lowest BCUT2D eigenvalue weighted by Crippen LogP contribution is -2.15. The molecule has 2 heterocycles. The van der Waals surface area contributed by atoms with Gasteiger partial charge >= 0.3 is 6.18 Å². The highest BCUT2D eigenvalue weighted by Crippen LogP contribution is 2.33. The highest BCUT2D eigenvalue weighted by atomic mass is 35.5. The third kappa shape index (κ3) is 5.18. The van der Waals surface area contributed by atoms with Crippen molar-refractivity contribution in [1.82, 2.24) is 14.6 Å². The normalized spacial score (nSPS) is 11.5. The van der Waals surface area contributed by atoms with E-state index in [1.165, 1.54) is 6.92 Å². The van der Waals surface area contributed by atoms with Gasteiger partial charge in [0.05, 0.1) is 16.3 Å². The van der Waals surface area contributed by atoms with Gasteiger partial charge in [-0.05, 0) is 24.3 Å². The molecular weight excluding hydrogens is 431 g/mol. The fourth-order valence-corrected chi connectivity index (χ4v) is 3.35. The monoisotopic (exact) mass is 443 g/mol. The maximum atomic E-state index is 13.0. The number of hydrogen-bond acceptors (Lipinski definition) is 5. The fourth-order valence-electron chi connectivity index (χ4n) is 2.39. The lowest BCUT2D eigenvalue weighted by molar-refractivity contribution is -0.137. The molecule has 0 aliphatic rings. The predicted octanol–water partition coefficient (Wildman–Crippen LogP) is 4.09. The Labute approximate surface area is 171 Å². The van der Waals surface area contributed by atoms with Crippen molar-refractivity contribution in [2.75, 3.05) is 16.4 Å². The molecule has 3 rings (SSSR count). The topological polar surface area (TPSA) is 88.4 Å². The third-order valence-corrected chi connectivity index (χ3v) is 4.78. The molecule has 0 radical (unpaired) electrons. The minimum Gasteiger partial charge on any atom is -0.326 e. The number of pyridine rings is 1. The van der Waals surface area contributed by atoms with Crippen molar-refractivity contribution in [3.63, 3.8) is 0 Å². The number of carbonyl (C=O) groups is 2. The van der Waals surface area contributed by atoms with Gasteiger partial charge in [0.1, 0.15) is 0 Å². The van der Waals surface area contributed by atoms with Crippen LogP contribution in [0.15, 0.2) is 41.7 Å².